The number of nitrogens with one attached hydrogen (secondary N) is 1. The zero-order chi connectivity index (χ0) is 15.5. The largest absolute Gasteiger partial charge is 0.465 e. The number of sulfonamides is 1. The van der Waals surface area contributed by atoms with Crippen LogP contribution < -0.4 is 4.72 Å². The van der Waals surface area contributed by atoms with Crippen molar-refractivity contribution in [2.75, 3.05) is 7.11 Å². The van der Waals surface area contributed by atoms with E-state index < -0.39 is 16.0 Å². The van der Waals surface area contributed by atoms with Gasteiger partial charge >= 0.3 is 5.97 Å². The Labute approximate surface area is 125 Å². The molecule has 0 saturated heterocycles. The summed E-state index contributed by atoms with van der Waals surface area (Å²) in [5.41, 5.74) is 0.336. The lowest BCUT2D eigenvalue weighted by Crippen LogP contribution is -2.40. The first kappa shape index (κ1) is 16.0. The van der Waals surface area contributed by atoms with E-state index in [4.69, 9.17) is 0 Å². The molecule has 1 N–H and O–H groups in total. The second kappa shape index (κ2) is 6.58. The molecule has 2 rings (SSSR count). The van der Waals surface area contributed by atoms with Crippen molar-refractivity contribution < 1.29 is 17.9 Å². The molecule has 116 valence electrons. The highest BCUT2D eigenvalue weighted by Gasteiger charge is 2.26. The van der Waals surface area contributed by atoms with E-state index in [2.05, 4.69) is 16.4 Å². The fourth-order valence-corrected chi connectivity index (χ4v) is 4.03. The SMILES string of the molecule is COC(=O)c1ccc(S(=O)(=O)N[C@H]2CCCC[C@@H]2C)cc1. The molecule has 0 spiro atoms. The van der Waals surface area contributed by atoms with Gasteiger partial charge in [0.25, 0.3) is 0 Å². The maximum atomic E-state index is 12.4. The molecule has 0 aromatic heterocycles. The van der Waals surface area contributed by atoms with Crippen molar-refractivity contribution in [3.05, 3.63) is 29.8 Å². The van der Waals surface area contributed by atoms with Gasteiger partial charge in [0.1, 0.15) is 0 Å². The number of carbonyl (C=O) groups is 1. The van der Waals surface area contributed by atoms with E-state index in [-0.39, 0.29) is 10.9 Å². The summed E-state index contributed by atoms with van der Waals surface area (Å²) < 4.78 is 32.1. The van der Waals surface area contributed by atoms with E-state index in [1.54, 1.807) is 0 Å². The summed E-state index contributed by atoms with van der Waals surface area (Å²) in [6, 6.07) is 5.78. The highest BCUT2D eigenvalue weighted by molar-refractivity contribution is 7.89. The smallest absolute Gasteiger partial charge is 0.337 e. The van der Waals surface area contributed by atoms with Gasteiger partial charge in [0.2, 0.25) is 10.0 Å². The lowest BCUT2D eigenvalue weighted by atomic mass is 9.87. The van der Waals surface area contributed by atoms with Crippen LogP contribution in [0.1, 0.15) is 43.0 Å². The summed E-state index contributed by atoms with van der Waals surface area (Å²) in [7, 11) is -2.25. The van der Waals surface area contributed by atoms with Gasteiger partial charge < -0.3 is 4.74 Å². The predicted octanol–water partition coefficient (Wildman–Crippen LogP) is 2.33. The average molecular weight is 311 g/mol. The zero-order valence-corrected chi connectivity index (χ0v) is 13.2. The van der Waals surface area contributed by atoms with Crippen molar-refractivity contribution in [1.29, 1.82) is 0 Å². The number of carbonyl (C=O) groups excluding carboxylic acids is 1. The summed E-state index contributed by atoms with van der Waals surface area (Å²) in [5.74, 6) is -0.129. The second-order valence-electron chi connectivity index (χ2n) is 5.51. The molecule has 1 fully saturated rings. The fourth-order valence-electron chi connectivity index (χ4n) is 2.65. The summed E-state index contributed by atoms with van der Waals surface area (Å²) in [4.78, 5) is 11.5. The molecule has 5 nitrogen and oxygen atoms in total. The third-order valence-electron chi connectivity index (χ3n) is 4.00. The lowest BCUT2D eigenvalue weighted by Gasteiger charge is -2.29. The molecule has 0 radical (unpaired) electrons. The van der Waals surface area contributed by atoms with Gasteiger partial charge in [0.05, 0.1) is 17.6 Å². The minimum Gasteiger partial charge on any atom is -0.465 e. The van der Waals surface area contributed by atoms with Crippen molar-refractivity contribution in [1.82, 2.24) is 4.72 Å². The number of hydrogen-bond donors (Lipinski definition) is 1. The molecule has 1 aliphatic carbocycles. The zero-order valence-electron chi connectivity index (χ0n) is 12.3. The van der Waals surface area contributed by atoms with Crippen LogP contribution in [0.15, 0.2) is 29.2 Å². The van der Waals surface area contributed by atoms with Crippen LogP contribution in [0.25, 0.3) is 0 Å². The van der Waals surface area contributed by atoms with Crippen LogP contribution in [0.4, 0.5) is 0 Å². The van der Waals surface area contributed by atoms with Gasteiger partial charge in [-0.3, -0.25) is 0 Å². The summed E-state index contributed by atoms with van der Waals surface area (Å²) >= 11 is 0. The fraction of sp³-hybridized carbons (Fsp3) is 0.533. The molecule has 1 aromatic carbocycles. The van der Waals surface area contributed by atoms with Crippen molar-refractivity contribution in [3.8, 4) is 0 Å². The Hall–Kier alpha value is -1.40. The molecule has 1 saturated carbocycles. The average Bonchev–Trinajstić information content (AvgIpc) is 2.49. The van der Waals surface area contributed by atoms with Crippen molar-refractivity contribution in [2.24, 2.45) is 5.92 Å². The molecule has 0 aliphatic heterocycles. The van der Waals surface area contributed by atoms with Crippen LogP contribution in [0.5, 0.6) is 0 Å². The van der Waals surface area contributed by atoms with E-state index >= 15 is 0 Å². The van der Waals surface area contributed by atoms with Gasteiger partial charge in [0, 0.05) is 6.04 Å². The third-order valence-corrected chi connectivity index (χ3v) is 5.51. The van der Waals surface area contributed by atoms with Gasteiger partial charge in [-0.05, 0) is 43.0 Å². The Morgan fingerprint density at radius 1 is 1.19 bits per heavy atom. The van der Waals surface area contributed by atoms with Gasteiger partial charge in [-0.2, -0.15) is 0 Å². The topological polar surface area (TPSA) is 72.5 Å². The lowest BCUT2D eigenvalue weighted by molar-refractivity contribution is 0.0600. The van der Waals surface area contributed by atoms with Crippen LogP contribution in [0.3, 0.4) is 0 Å². The number of ether oxygens (including phenoxy) is 1. The molecule has 0 bridgehead atoms. The Kier molecular flexibility index (Phi) is 5.00. The van der Waals surface area contributed by atoms with Crippen molar-refractivity contribution in [2.45, 2.75) is 43.5 Å². The normalized spacial score (nSPS) is 22.8. The van der Waals surface area contributed by atoms with Crippen LogP contribution in [0, 0.1) is 5.92 Å². The highest BCUT2D eigenvalue weighted by atomic mass is 32.2. The third kappa shape index (κ3) is 3.83. The van der Waals surface area contributed by atoms with E-state index in [1.165, 1.54) is 31.4 Å². The molecular formula is C15H21NO4S. The predicted molar refractivity (Wildman–Crippen MR) is 79.5 cm³/mol. The maximum absolute atomic E-state index is 12.4. The first-order chi connectivity index (χ1) is 9.94. The minimum absolute atomic E-state index is 0.0102. The van der Waals surface area contributed by atoms with E-state index in [0.29, 0.717) is 11.5 Å². The molecule has 1 aromatic rings. The van der Waals surface area contributed by atoms with Crippen LogP contribution in [-0.2, 0) is 14.8 Å². The number of rotatable bonds is 4. The molecule has 0 heterocycles. The summed E-state index contributed by atoms with van der Waals surface area (Å²) in [5, 5.41) is 0. The molecule has 6 heteroatoms. The molecular weight excluding hydrogens is 290 g/mol. The Morgan fingerprint density at radius 3 is 2.38 bits per heavy atom. The van der Waals surface area contributed by atoms with Gasteiger partial charge in [-0.25, -0.2) is 17.9 Å². The summed E-state index contributed by atoms with van der Waals surface area (Å²) in [6.45, 7) is 2.08. The van der Waals surface area contributed by atoms with Crippen LogP contribution >= 0.6 is 0 Å². The Morgan fingerprint density at radius 2 is 1.81 bits per heavy atom. The van der Waals surface area contributed by atoms with Gasteiger partial charge in [-0.15, -0.1) is 0 Å². The standard InChI is InChI=1S/C15H21NO4S/c1-11-5-3-4-6-14(11)16-21(18,19)13-9-7-12(8-10-13)15(17)20-2/h7-11,14,16H,3-6H2,1-2H3/t11-,14-/m0/s1. The maximum Gasteiger partial charge on any atom is 0.337 e. The second-order valence-corrected chi connectivity index (χ2v) is 7.22. The van der Waals surface area contributed by atoms with E-state index in [9.17, 15) is 13.2 Å². The first-order valence-corrected chi connectivity index (χ1v) is 8.63. The van der Waals surface area contributed by atoms with Gasteiger partial charge in [0.15, 0.2) is 0 Å². The van der Waals surface area contributed by atoms with E-state index in [1.807, 2.05) is 0 Å². The van der Waals surface area contributed by atoms with Crippen molar-refractivity contribution in [3.63, 3.8) is 0 Å². The van der Waals surface area contributed by atoms with Crippen LogP contribution in [0.2, 0.25) is 0 Å². The molecule has 0 unspecified atom stereocenters. The number of esters is 1. The quantitative estimate of drug-likeness (QED) is 0.866. The van der Waals surface area contributed by atoms with E-state index in [0.717, 1.165) is 25.7 Å². The monoisotopic (exact) mass is 311 g/mol. The highest BCUT2D eigenvalue weighted by Crippen LogP contribution is 2.25. The Bertz CT molecular complexity index is 595. The first-order valence-electron chi connectivity index (χ1n) is 7.15. The molecule has 0 amide bonds. The van der Waals surface area contributed by atoms with Crippen LogP contribution in [-0.4, -0.2) is 27.5 Å². The molecule has 21 heavy (non-hydrogen) atoms. The van der Waals surface area contributed by atoms with Crippen molar-refractivity contribution >= 4 is 16.0 Å². The molecule has 1 aliphatic rings. The van der Waals surface area contributed by atoms with Gasteiger partial charge in [-0.1, -0.05) is 19.8 Å². The summed E-state index contributed by atoms with van der Waals surface area (Å²) in [6.07, 6.45) is 4.14. The number of hydrogen-bond acceptors (Lipinski definition) is 4. The molecule has 2 atom stereocenters. The number of benzene rings is 1. The minimum atomic E-state index is -3.54. The number of methoxy groups -OCH3 is 1. The Balaban J connectivity index is 2.13.